The molecule has 6 nitrogen and oxygen atoms in total. The lowest BCUT2D eigenvalue weighted by Crippen LogP contribution is -2.22. The molecule has 0 unspecified atom stereocenters. The van der Waals surface area contributed by atoms with E-state index in [0.717, 1.165) is 26.7 Å². The molecule has 0 aliphatic rings. The summed E-state index contributed by atoms with van der Waals surface area (Å²) >= 11 is 1.49. The number of amides is 1. The number of nitrogens with zero attached hydrogens (tertiary/aromatic N) is 4. The molecule has 124 valence electrons. The molecule has 7 heteroatoms. The Morgan fingerprint density at radius 1 is 1.20 bits per heavy atom. The molecule has 4 aromatic rings. The van der Waals surface area contributed by atoms with Gasteiger partial charge in [0.25, 0.3) is 5.91 Å². The lowest BCUT2D eigenvalue weighted by Gasteiger charge is -2.06. The van der Waals surface area contributed by atoms with E-state index < -0.39 is 0 Å². The first-order chi connectivity index (χ1) is 12.2. The minimum absolute atomic E-state index is 0.0681. The Morgan fingerprint density at radius 2 is 2.04 bits per heavy atom. The molecule has 0 saturated heterocycles. The van der Waals surface area contributed by atoms with Gasteiger partial charge in [-0.15, -0.1) is 10.2 Å². The highest BCUT2D eigenvalue weighted by molar-refractivity contribution is 7.19. The average molecular weight is 349 g/mol. The van der Waals surface area contributed by atoms with Crippen LogP contribution in [0.25, 0.3) is 15.5 Å². The van der Waals surface area contributed by atoms with Gasteiger partial charge in [0.1, 0.15) is 11.3 Å². The quantitative estimate of drug-likeness (QED) is 0.614. The second-order valence-corrected chi connectivity index (χ2v) is 6.67. The van der Waals surface area contributed by atoms with Crippen LogP contribution in [-0.4, -0.2) is 25.7 Å². The maximum absolute atomic E-state index is 12.2. The minimum Gasteiger partial charge on any atom is -0.348 e. The molecule has 0 bridgehead atoms. The van der Waals surface area contributed by atoms with Gasteiger partial charge in [-0.3, -0.25) is 4.79 Å². The third-order valence-electron chi connectivity index (χ3n) is 3.82. The molecule has 4 rings (SSSR count). The smallest absolute Gasteiger partial charge is 0.251 e. The van der Waals surface area contributed by atoms with Crippen LogP contribution in [-0.2, 0) is 6.54 Å². The van der Waals surface area contributed by atoms with Crippen LogP contribution >= 0.6 is 11.3 Å². The summed E-state index contributed by atoms with van der Waals surface area (Å²) in [5.41, 5.74) is 3.80. The Bertz CT molecular complexity index is 1010. The number of aryl methyl sites for hydroxylation is 1. The number of rotatable bonds is 4. The summed E-state index contributed by atoms with van der Waals surface area (Å²) in [7, 11) is 0. The van der Waals surface area contributed by atoms with Crippen LogP contribution in [0.4, 0.5) is 0 Å². The van der Waals surface area contributed by atoms with Crippen molar-refractivity contribution in [1.29, 1.82) is 0 Å². The maximum atomic E-state index is 12.2. The van der Waals surface area contributed by atoms with E-state index >= 15 is 0 Å². The third-order valence-corrected chi connectivity index (χ3v) is 4.78. The number of carbonyl (C=O) groups is 1. The van der Waals surface area contributed by atoms with E-state index in [1.807, 2.05) is 55.5 Å². The summed E-state index contributed by atoms with van der Waals surface area (Å²) in [6.45, 7) is 2.46. The molecule has 2 heterocycles. The van der Waals surface area contributed by atoms with Gasteiger partial charge in [-0.2, -0.15) is 9.61 Å². The average Bonchev–Trinajstić information content (AvgIpc) is 3.22. The summed E-state index contributed by atoms with van der Waals surface area (Å²) in [6, 6.07) is 15.5. The zero-order valence-corrected chi connectivity index (χ0v) is 14.3. The van der Waals surface area contributed by atoms with Crippen molar-refractivity contribution in [3.05, 3.63) is 71.5 Å². The second-order valence-electron chi connectivity index (χ2n) is 5.71. The van der Waals surface area contributed by atoms with Crippen LogP contribution in [0.2, 0.25) is 0 Å². The molecule has 0 atom stereocenters. The Balaban J connectivity index is 1.43. The lowest BCUT2D eigenvalue weighted by molar-refractivity contribution is 0.0951. The highest BCUT2D eigenvalue weighted by atomic mass is 32.1. The summed E-state index contributed by atoms with van der Waals surface area (Å²) < 4.78 is 1.66. The van der Waals surface area contributed by atoms with Gasteiger partial charge < -0.3 is 5.32 Å². The number of carbonyl (C=O) groups excluding carboxylic acids is 1. The van der Waals surface area contributed by atoms with Gasteiger partial charge in [-0.25, -0.2) is 0 Å². The maximum Gasteiger partial charge on any atom is 0.251 e. The Kier molecular flexibility index (Phi) is 3.99. The van der Waals surface area contributed by atoms with Crippen LogP contribution in [0.1, 0.15) is 21.5 Å². The summed E-state index contributed by atoms with van der Waals surface area (Å²) in [5.74, 6) is -0.0681. The number of aromatic nitrogens is 4. The van der Waals surface area contributed by atoms with Gasteiger partial charge >= 0.3 is 0 Å². The van der Waals surface area contributed by atoms with Crippen molar-refractivity contribution in [2.45, 2.75) is 13.5 Å². The lowest BCUT2D eigenvalue weighted by atomic mass is 10.1. The normalized spacial score (nSPS) is 10.9. The van der Waals surface area contributed by atoms with Crippen LogP contribution in [0.3, 0.4) is 0 Å². The van der Waals surface area contributed by atoms with E-state index in [2.05, 4.69) is 20.6 Å². The van der Waals surface area contributed by atoms with E-state index in [1.54, 1.807) is 10.8 Å². The van der Waals surface area contributed by atoms with Crippen LogP contribution in [0, 0.1) is 6.92 Å². The highest BCUT2D eigenvalue weighted by Crippen LogP contribution is 2.24. The molecule has 2 aromatic carbocycles. The molecular weight excluding hydrogens is 334 g/mol. The largest absolute Gasteiger partial charge is 0.348 e. The molecular formula is C18H15N5OS. The van der Waals surface area contributed by atoms with Gasteiger partial charge in [-0.05, 0) is 24.6 Å². The second kappa shape index (κ2) is 6.45. The van der Waals surface area contributed by atoms with Crippen molar-refractivity contribution >= 4 is 22.2 Å². The van der Waals surface area contributed by atoms with Crippen LogP contribution in [0.15, 0.2) is 54.9 Å². The number of nitrogens with one attached hydrogen (secondary N) is 1. The molecule has 0 aliphatic heterocycles. The Labute approximate surface area is 148 Å². The first kappa shape index (κ1) is 15.5. The van der Waals surface area contributed by atoms with E-state index in [0.29, 0.717) is 12.1 Å². The van der Waals surface area contributed by atoms with Crippen LogP contribution in [0.5, 0.6) is 0 Å². The molecule has 0 fully saturated rings. The highest BCUT2D eigenvalue weighted by Gasteiger charge is 2.08. The predicted octanol–water partition coefficient (Wildman–Crippen LogP) is 3.09. The molecule has 25 heavy (non-hydrogen) atoms. The predicted molar refractivity (Wildman–Crippen MR) is 96.4 cm³/mol. The first-order valence-corrected chi connectivity index (χ1v) is 8.62. The standard InChI is InChI=1S/C18H15N5OS/c1-12-3-2-4-15(9-12)16(24)19-10-13-5-7-14(8-6-13)17-22-23-11-20-21-18(23)25-17/h2-9,11H,10H2,1H3,(H,19,24). The van der Waals surface area contributed by atoms with Gasteiger partial charge in [-0.1, -0.05) is 53.3 Å². The molecule has 0 aliphatic carbocycles. The topological polar surface area (TPSA) is 72.2 Å². The van der Waals surface area contributed by atoms with Crippen molar-refractivity contribution < 1.29 is 4.79 Å². The van der Waals surface area contributed by atoms with Crippen molar-refractivity contribution in [3.63, 3.8) is 0 Å². The SMILES string of the molecule is Cc1cccc(C(=O)NCc2ccc(-c3nn4cnnc4s3)cc2)c1. The van der Waals surface area contributed by atoms with E-state index in [1.165, 1.54) is 11.3 Å². The van der Waals surface area contributed by atoms with Gasteiger partial charge in [0, 0.05) is 17.7 Å². The number of fused-ring (bicyclic) bond motifs is 1. The van der Waals surface area contributed by atoms with Crippen molar-refractivity contribution in [3.8, 4) is 10.6 Å². The summed E-state index contributed by atoms with van der Waals surface area (Å²) in [6.07, 6.45) is 1.59. The Hall–Kier alpha value is -3.06. The van der Waals surface area contributed by atoms with Gasteiger partial charge in [0.2, 0.25) is 4.96 Å². The molecule has 2 aromatic heterocycles. The number of benzene rings is 2. The van der Waals surface area contributed by atoms with E-state index in [4.69, 9.17) is 0 Å². The Morgan fingerprint density at radius 3 is 2.80 bits per heavy atom. The number of hydrogen-bond donors (Lipinski definition) is 1. The van der Waals surface area contributed by atoms with E-state index in [-0.39, 0.29) is 5.91 Å². The monoisotopic (exact) mass is 349 g/mol. The van der Waals surface area contributed by atoms with Crippen molar-refractivity contribution in [1.82, 2.24) is 25.1 Å². The zero-order chi connectivity index (χ0) is 17.2. The molecule has 0 saturated carbocycles. The molecule has 1 amide bonds. The first-order valence-electron chi connectivity index (χ1n) is 7.80. The fourth-order valence-electron chi connectivity index (χ4n) is 2.51. The van der Waals surface area contributed by atoms with Gasteiger partial charge in [0.15, 0.2) is 0 Å². The fourth-order valence-corrected chi connectivity index (χ4v) is 3.34. The molecule has 1 N–H and O–H groups in total. The molecule has 0 radical (unpaired) electrons. The third kappa shape index (κ3) is 3.27. The van der Waals surface area contributed by atoms with Gasteiger partial charge in [0.05, 0.1) is 0 Å². The fraction of sp³-hybridized carbons (Fsp3) is 0.111. The summed E-state index contributed by atoms with van der Waals surface area (Å²) in [4.78, 5) is 13.0. The van der Waals surface area contributed by atoms with E-state index in [9.17, 15) is 4.79 Å². The van der Waals surface area contributed by atoms with Crippen molar-refractivity contribution in [2.75, 3.05) is 0 Å². The minimum atomic E-state index is -0.0681. The number of hydrogen-bond acceptors (Lipinski definition) is 5. The zero-order valence-electron chi connectivity index (χ0n) is 13.5. The van der Waals surface area contributed by atoms with Crippen LogP contribution < -0.4 is 5.32 Å². The molecule has 0 spiro atoms. The van der Waals surface area contributed by atoms with Crippen molar-refractivity contribution in [2.24, 2.45) is 0 Å². The summed E-state index contributed by atoms with van der Waals surface area (Å²) in [5, 5.41) is 16.1.